The fourth-order valence-corrected chi connectivity index (χ4v) is 2.30. The third-order valence-electron chi connectivity index (χ3n) is 3.26. The Hall–Kier alpha value is -0.380. The third kappa shape index (κ3) is 4.64. The molecule has 0 saturated carbocycles. The zero-order chi connectivity index (χ0) is 11.8. The zero-order valence-corrected chi connectivity index (χ0v) is 10.5. The van der Waals surface area contributed by atoms with Gasteiger partial charge in [0, 0.05) is 19.1 Å². The lowest BCUT2D eigenvalue weighted by molar-refractivity contribution is 0.133. The monoisotopic (exact) mass is 226 g/mol. The summed E-state index contributed by atoms with van der Waals surface area (Å²) in [6.45, 7) is 10.4. The number of aliphatic hydroxyl groups excluding tert-OH is 1. The molecule has 1 rings (SSSR count). The molecule has 2 N–H and O–H groups in total. The van der Waals surface area contributed by atoms with E-state index in [-0.39, 0.29) is 6.61 Å². The van der Waals surface area contributed by atoms with Crippen molar-refractivity contribution in [2.75, 3.05) is 32.8 Å². The molecule has 3 nitrogen and oxygen atoms in total. The molecule has 94 valence electrons. The molecule has 0 bridgehead atoms. The molecule has 1 saturated heterocycles. The molecule has 0 aromatic heterocycles. The second-order valence-electron chi connectivity index (χ2n) is 4.69. The summed E-state index contributed by atoms with van der Waals surface area (Å²) in [5.74, 6) is 0. The summed E-state index contributed by atoms with van der Waals surface area (Å²) >= 11 is 0. The van der Waals surface area contributed by atoms with E-state index in [0.29, 0.717) is 6.04 Å². The Morgan fingerprint density at radius 1 is 1.44 bits per heavy atom. The molecule has 0 radical (unpaired) electrons. The van der Waals surface area contributed by atoms with E-state index < -0.39 is 0 Å². The Bertz CT molecular complexity index is 206. The topological polar surface area (TPSA) is 35.5 Å². The summed E-state index contributed by atoms with van der Waals surface area (Å²) in [6.07, 6.45) is 4.93. The van der Waals surface area contributed by atoms with Crippen LogP contribution in [-0.2, 0) is 0 Å². The highest BCUT2D eigenvalue weighted by atomic mass is 16.3. The van der Waals surface area contributed by atoms with E-state index in [1.54, 1.807) is 0 Å². The van der Waals surface area contributed by atoms with E-state index in [2.05, 4.69) is 23.7 Å². The Morgan fingerprint density at radius 2 is 2.25 bits per heavy atom. The number of rotatable bonds is 6. The highest BCUT2D eigenvalue weighted by molar-refractivity contribution is 5.00. The average molecular weight is 226 g/mol. The normalized spacial score (nSPS) is 23.0. The van der Waals surface area contributed by atoms with E-state index in [1.165, 1.54) is 24.8 Å². The van der Waals surface area contributed by atoms with Crippen molar-refractivity contribution in [3.63, 3.8) is 0 Å². The summed E-state index contributed by atoms with van der Waals surface area (Å²) < 4.78 is 0. The van der Waals surface area contributed by atoms with E-state index >= 15 is 0 Å². The zero-order valence-electron chi connectivity index (χ0n) is 10.5. The Kier molecular flexibility index (Phi) is 6.69. The van der Waals surface area contributed by atoms with Crippen molar-refractivity contribution in [2.24, 2.45) is 0 Å². The van der Waals surface area contributed by atoms with Crippen molar-refractivity contribution < 1.29 is 5.11 Å². The molecule has 0 aromatic carbocycles. The minimum absolute atomic E-state index is 0.286. The molecule has 16 heavy (non-hydrogen) atoms. The average Bonchev–Trinajstić information content (AvgIpc) is 2.51. The van der Waals surface area contributed by atoms with Crippen LogP contribution in [0, 0.1) is 0 Å². The number of likely N-dealkylation sites (tertiary alicyclic amines) is 1. The fourth-order valence-electron chi connectivity index (χ4n) is 2.30. The first kappa shape index (κ1) is 13.7. The van der Waals surface area contributed by atoms with Crippen molar-refractivity contribution >= 4 is 0 Å². The SMILES string of the molecule is C=C(CNCC)CN1CCCCCC1CO. The quantitative estimate of drug-likeness (QED) is 0.672. The smallest absolute Gasteiger partial charge is 0.0586 e. The number of likely N-dealkylation sites (N-methyl/N-ethyl adjacent to an activating group) is 1. The van der Waals surface area contributed by atoms with E-state index in [4.69, 9.17) is 0 Å². The van der Waals surface area contributed by atoms with Crippen LogP contribution in [0.2, 0.25) is 0 Å². The lowest BCUT2D eigenvalue weighted by Crippen LogP contribution is -2.39. The summed E-state index contributed by atoms with van der Waals surface area (Å²) in [4.78, 5) is 2.40. The molecule has 0 amide bonds. The van der Waals surface area contributed by atoms with Crippen LogP contribution in [0.25, 0.3) is 0 Å². The molecule has 1 unspecified atom stereocenters. The lowest BCUT2D eigenvalue weighted by Gasteiger charge is -2.29. The predicted octanol–water partition coefficient (Wildman–Crippen LogP) is 1.39. The second-order valence-corrected chi connectivity index (χ2v) is 4.69. The second kappa shape index (κ2) is 7.82. The summed E-state index contributed by atoms with van der Waals surface area (Å²) in [5.41, 5.74) is 1.22. The van der Waals surface area contributed by atoms with Crippen molar-refractivity contribution in [1.82, 2.24) is 10.2 Å². The lowest BCUT2D eigenvalue weighted by atomic mass is 10.1. The molecular weight excluding hydrogens is 200 g/mol. The maximum atomic E-state index is 9.39. The first-order valence-corrected chi connectivity index (χ1v) is 6.50. The van der Waals surface area contributed by atoms with Gasteiger partial charge in [0.15, 0.2) is 0 Å². The molecule has 1 aliphatic rings. The van der Waals surface area contributed by atoms with Crippen molar-refractivity contribution in [3.8, 4) is 0 Å². The highest BCUT2D eigenvalue weighted by Gasteiger charge is 2.20. The number of nitrogens with zero attached hydrogens (tertiary/aromatic N) is 1. The van der Waals surface area contributed by atoms with Gasteiger partial charge in [0.25, 0.3) is 0 Å². The van der Waals surface area contributed by atoms with Crippen LogP contribution in [0.1, 0.15) is 32.6 Å². The van der Waals surface area contributed by atoms with Gasteiger partial charge < -0.3 is 10.4 Å². The number of hydrogen-bond donors (Lipinski definition) is 2. The van der Waals surface area contributed by atoms with Gasteiger partial charge in [-0.05, 0) is 31.5 Å². The maximum Gasteiger partial charge on any atom is 0.0586 e. The van der Waals surface area contributed by atoms with Crippen molar-refractivity contribution in [1.29, 1.82) is 0 Å². The highest BCUT2D eigenvalue weighted by Crippen LogP contribution is 2.17. The molecule has 1 atom stereocenters. The fraction of sp³-hybridized carbons (Fsp3) is 0.846. The maximum absolute atomic E-state index is 9.39. The summed E-state index contributed by atoms with van der Waals surface area (Å²) in [6, 6.07) is 0.348. The molecule has 0 aromatic rings. The first-order chi connectivity index (χ1) is 7.77. The Balaban J connectivity index is 2.38. The van der Waals surface area contributed by atoms with E-state index in [1.807, 2.05) is 0 Å². The Morgan fingerprint density at radius 3 is 2.94 bits per heavy atom. The third-order valence-corrected chi connectivity index (χ3v) is 3.26. The Labute approximate surface area is 99.5 Å². The van der Waals surface area contributed by atoms with Gasteiger partial charge in [0.2, 0.25) is 0 Å². The van der Waals surface area contributed by atoms with Crippen molar-refractivity contribution in [3.05, 3.63) is 12.2 Å². The summed E-state index contributed by atoms with van der Waals surface area (Å²) in [7, 11) is 0. The standard InChI is InChI=1S/C13H26N2O/c1-3-14-9-12(2)10-15-8-6-4-5-7-13(15)11-16/h13-14,16H,2-11H2,1H3. The van der Waals surface area contributed by atoms with Gasteiger partial charge >= 0.3 is 0 Å². The van der Waals surface area contributed by atoms with Gasteiger partial charge in [0.05, 0.1) is 6.61 Å². The van der Waals surface area contributed by atoms with E-state index in [0.717, 1.165) is 32.6 Å². The van der Waals surface area contributed by atoms with Crippen molar-refractivity contribution in [2.45, 2.75) is 38.6 Å². The number of aliphatic hydroxyl groups is 1. The van der Waals surface area contributed by atoms with Crippen LogP contribution in [0.3, 0.4) is 0 Å². The van der Waals surface area contributed by atoms with Gasteiger partial charge in [-0.15, -0.1) is 0 Å². The minimum Gasteiger partial charge on any atom is -0.395 e. The van der Waals surface area contributed by atoms with Crippen LogP contribution >= 0.6 is 0 Å². The van der Waals surface area contributed by atoms with Gasteiger partial charge in [-0.3, -0.25) is 4.90 Å². The van der Waals surface area contributed by atoms with Crippen LogP contribution in [0.5, 0.6) is 0 Å². The largest absolute Gasteiger partial charge is 0.395 e. The molecule has 3 heteroatoms. The molecule has 0 spiro atoms. The molecule has 0 aliphatic carbocycles. The number of nitrogens with one attached hydrogen (secondary N) is 1. The van der Waals surface area contributed by atoms with Gasteiger partial charge in [-0.2, -0.15) is 0 Å². The molecule has 1 aliphatic heterocycles. The number of hydrogen-bond acceptors (Lipinski definition) is 3. The first-order valence-electron chi connectivity index (χ1n) is 6.50. The molecular formula is C13H26N2O. The van der Waals surface area contributed by atoms with Crippen LogP contribution < -0.4 is 5.32 Å². The van der Waals surface area contributed by atoms with E-state index in [9.17, 15) is 5.11 Å². The van der Waals surface area contributed by atoms with Crippen LogP contribution in [-0.4, -0.2) is 48.8 Å². The summed E-state index contributed by atoms with van der Waals surface area (Å²) in [5, 5.41) is 12.7. The molecule has 1 heterocycles. The van der Waals surface area contributed by atoms with Gasteiger partial charge in [0.1, 0.15) is 0 Å². The van der Waals surface area contributed by atoms with Crippen LogP contribution in [0.4, 0.5) is 0 Å². The minimum atomic E-state index is 0.286. The molecule has 1 fully saturated rings. The van der Waals surface area contributed by atoms with Gasteiger partial charge in [-0.1, -0.05) is 26.3 Å². The predicted molar refractivity (Wildman–Crippen MR) is 68.6 cm³/mol. The van der Waals surface area contributed by atoms with Gasteiger partial charge in [-0.25, -0.2) is 0 Å². The van der Waals surface area contributed by atoms with Crippen LogP contribution in [0.15, 0.2) is 12.2 Å².